The Bertz CT molecular complexity index is 239. The molecule has 3 aliphatic rings. The number of likely N-dealkylation sites (tertiary alicyclic amines) is 1. The van der Waals surface area contributed by atoms with Crippen LogP contribution in [0.15, 0.2) is 0 Å². The first-order valence-corrected chi connectivity index (χ1v) is 7.17. The fourth-order valence-electron chi connectivity index (χ4n) is 4.11. The lowest BCUT2D eigenvalue weighted by Gasteiger charge is -2.50. The number of piperidine rings is 2. The highest BCUT2D eigenvalue weighted by Crippen LogP contribution is 2.49. The van der Waals surface area contributed by atoms with Crippen molar-refractivity contribution in [2.75, 3.05) is 33.2 Å². The largest absolute Gasteiger partial charge is 0.316 e. The smallest absolute Gasteiger partial charge is 0.000804 e. The molecule has 0 aromatic heterocycles. The molecule has 1 unspecified atom stereocenters. The lowest BCUT2D eigenvalue weighted by molar-refractivity contribution is 0.0296. The first-order valence-electron chi connectivity index (χ1n) is 7.17. The molecule has 0 aromatic carbocycles. The highest BCUT2D eigenvalue weighted by molar-refractivity contribution is 4.96. The predicted octanol–water partition coefficient (Wildman–Crippen LogP) is 2.11. The quantitative estimate of drug-likeness (QED) is 0.731. The van der Waals surface area contributed by atoms with E-state index in [1.165, 1.54) is 64.7 Å². The molecule has 1 saturated carbocycles. The maximum atomic E-state index is 3.72. The van der Waals surface area contributed by atoms with Gasteiger partial charge in [0.05, 0.1) is 0 Å². The number of hydrogen-bond donors (Lipinski definition) is 1. The van der Waals surface area contributed by atoms with Crippen LogP contribution in [0.3, 0.4) is 0 Å². The van der Waals surface area contributed by atoms with Gasteiger partial charge in [-0.15, -0.1) is 0 Å². The van der Waals surface area contributed by atoms with Crippen LogP contribution in [0.25, 0.3) is 0 Å². The van der Waals surface area contributed by atoms with E-state index >= 15 is 0 Å². The van der Waals surface area contributed by atoms with Crippen molar-refractivity contribution >= 4 is 0 Å². The van der Waals surface area contributed by atoms with Crippen LogP contribution in [0.1, 0.15) is 38.5 Å². The first-order chi connectivity index (χ1) is 7.77. The van der Waals surface area contributed by atoms with Gasteiger partial charge >= 0.3 is 0 Å². The van der Waals surface area contributed by atoms with Crippen molar-refractivity contribution in [3.8, 4) is 0 Å². The van der Waals surface area contributed by atoms with E-state index in [2.05, 4.69) is 17.3 Å². The van der Waals surface area contributed by atoms with Crippen LogP contribution in [-0.4, -0.2) is 38.1 Å². The molecule has 1 N–H and O–H groups in total. The Balaban J connectivity index is 1.57. The summed E-state index contributed by atoms with van der Waals surface area (Å²) in [6, 6.07) is 0. The molecule has 0 radical (unpaired) electrons. The molecule has 2 heterocycles. The van der Waals surface area contributed by atoms with Crippen molar-refractivity contribution < 1.29 is 0 Å². The molecule has 3 rings (SSSR count). The molecule has 1 aliphatic carbocycles. The summed E-state index contributed by atoms with van der Waals surface area (Å²) in [5.74, 6) is 2.00. The summed E-state index contributed by atoms with van der Waals surface area (Å²) < 4.78 is 0. The SMILES string of the molecule is CN1CCC(C2CNCC3(CCC3)C2)CC1. The van der Waals surface area contributed by atoms with Gasteiger partial charge in [-0.25, -0.2) is 0 Å². The van der Waals surface area contributed by atoms with Gasteiger partial charge in [-0.2, -0.15) is 0 Å². The number of rotatable bonds is 1. The van der Waals surface area contributed by atoms with Crippen molar-refractivity contribution in [2.45, 2.75) is 38.5 Å². The molecule has 2 aliphatic heterocycles. The summed E-state index contributed by atoms with van der Waals surface area (Å²) in [6.45, 7) is 5.27. The molecule has 3 fully saturated rings. The summed E-state index contributed by atoms with van der Waals surface area (Å²) in [4.78, 5) is 2.49. The minimum atomic E-state index is 0.742. The van der Waals surface area contributed by atoms with Crippen LogP contribution in [0.2, 0.25) is 0 Å². The molecule has 0 bridgehead atoms. The topological polar surface area (TPSA) is 15.3 Å². The molecule has 1 atom stereocenters. The Kier molecular flexibility index (Phi) is 2.97. The van der Waals surface area contributed by atoms with Crippen molar-refractivity contribution in [3.63, 3.8) is 0 Å². The Morgan fingerprint density at radius 2 is 1.88 bits per heavy atom. The van der Waals surface area contributed by atoms with Crippen LogP contribution < -0.4 is 5.32 Å². The van der Waals surface area contributed by atoms with E-state index in [1.807, 2.05) is 0 Å². The zero-order valence-corrected chi connectivity index (χ0v) is 10.7. The van der Waals surface area contributed by atoms with Crippen LogP contribution in [0, 0.1) is 17.3 Å². The third kappa shape index (κ3) is 2.02. The molecule has 92 valence electrons. The second-order valence-corrected chi connectivity index (χ2v) is 6.59. The van der Waals surface area contributed by atoms with E-state index in [1.54, 1.807) is 0 Å². The van der Waals surface area contributed by atoms with Crippen LogP contribution in [0.5, 0.6) is 0 Å². The lowest BCUT2D eigenvalue weighted by atomic mass is 9.60. The summed E-state index contributed by atoms with van der Waals surface area (Å²) in [5.41, 5.74) is 0.742. The second-order valence-electron chi connectivity index (χ2n) is 6.59. The van der Waals surface area contributed by atoms with Crippen LogP contribution in [-0.2, 0) is 0 Å². The van der Waals surface area contributed by atoms with Gasteiger partial charge in [-0.1, -0.05) is 6.42 Å². The van der Waals surface area contributed by atoms with E-state index in [0.29, 0.717) is 0 Å². The predicted molar refractivity (Wildman–Crippen MR) is 67.5 cm³/mol. The number of hydrogen-bond acceptors (Lipinski definition) is 2. The van der Waals surface area contributed by atoms with Gasteiger partial charge in [-0.3, -0.25) is 0 Å². The van der Waals surface area contributed by atoms with Gasteiger partial charge in [0.15, 0.2) is 0 Å². The van der Waals surface area contributed by atoms with Crippen molar-refractivity contribution in [1.29, 1.82) is 0 Å². The minimum absolute atomic E-state index is 0.742. The minimum Gasteiger partial charge on any atom is -0.316 e. The Morgan fingerprint density at radius 1 is 1.12 bits per heavy atom. The lowest BCUT2D eigenvalue weighted by Crippen LogP contribution is -2.50. The molecule has 0 aromatic rings. The zero-order valence-electron chi connectivity index (χ0n) is 10.7. The molecular formula is C14H26N2. The first kappa shape index (κ1) is 11.0. The van der Waals surface area contributed by atoms with Gasteiger partial charge in [0, 0.05) is 6.54 Å². The molecule has 2 saturated heterocycles. The maximum Gasteiger partial charge on any atom is 0.000804 e. The monoisotopic (exact) mass is 222 g/mol. The van der Waals surface area contributed by atoms with Gasteiger partial charge in [-0.05, 0) is 76.0 Å². The molecule has 2 heteroatoms. The van der Waals surface area contributed by atoms with Gasteiger partial charge in [0.2, 0.25) is 0 Å². The van der Waals surface area contributed by atoms with Crippen molar-refractivity contribution in [3.05, 3.63) is 0 Å². The van der Waals surface area contributed by atoms with E-state index in [4.69, 9.17) is 0 Å². The van der Waals surface area contributed by atoms with E-state index in [-0.39, 0.29) is 0 Å². The molecule has 0 amide bonds. The third-order valence-electron chi connectivity index (χ3n) is 5.45. The Hall–Kier alpha value is -0.0800. The van der Waals surface area contributed by atoms with Gasteiger partial charge in [0.1, 0.15) is 0 Å². The summed E-state index contributed by atoms with van der Waals surface area (Å²) in [6.07, 6.45) is 8.92. The standard InChI is InChI=1S/C14H26N2/c1-16-7-3-12(4-8-16)13-9-14(5-2-6-14)11-15-10-13/h12-13,15H,2-11H2,1H3. The average Bonchev–Trinajstić information content (AvgIpc) is 2.28. The maximum absolute atomic E-state index is 3.72. The van der Waals surface area contributed by atoms with Gasteiger partial charge in [0.25, 0.3) is 0 Å². The van der Waals surface area contributed by atoms with Crippen LogP contribution >= 0.6 is 0 Å². The fraction of sp³-hybridized carbons (Fsp3) is 1.00. The summed E-state index contributed by atoms with van der Waals surface area (Å²) in [5, 5.41) is 3.72. The highest BCUT2D eigenvalue weighted by atomic mass is 15.1. The Morgan fingerprint density at radius 3 is 2.50 bits per heavy atom. The van der Waals surface area contributed by atoms with Gasteiger partial charge < -0.3 is 10.2 Å². The Labute approximate surface area is 99.8 Å². The van der Waals surface area contributed by atoms with E-state index in [0.717, 1.165) is 17.3 Å². The van der Waals surface area contributed by atoms with Crippen LogP contribution in [0.4, 0.5) is 0 Å². The van der Waals surface area contributed by atoms with E-state index in [9.17, 15) is 0 Å². The van der Waals surface area contributed by atoms with Crippen molar-refractivity contribution in [1.82, 2.24) is 10.2 Å². The number of nitrogens with zero attached hydrogens (tertiary/aromatic N) is 1. The van der Waals surface area contributed by atoms with Crippen molar-refractivity contribution in [2.24, 2.45) is 17.3 Å². The number of nitrogens with one attached hydrogen (secondary N) is 1. The highest BCUT2D eigenvalue weighted by Gasteiger charge is 2.43. The zero-order chi connectivity index (χ0) is 11.0. The molecule has 2 nitrogen and oxygen atoms in total. The molecular weight excluding hydrogens is 196 g/mol. The third-order valence-corrected chi connectivity index (χ3v) is 5.45. The molecule has 16 heavy (non-hydrogen) atoms. The fourth-order valence-corrected chi connectivity index (χ4v) is 4.11. The second kappa shape index (κ2) is 4.30. The summed E-state index contributed by atoms with van der Waals surface area (Å²) >= 11 is 0. The van der Waals surface area contributed by atoms with E-state index < -0.39 is 0 Å². The average molecular weight is 222 g/mol. The normalized spacial score (nSPS) is 36.2. The molecule has 1 spiro atoms. The summed E-state index contributed by atoms with van der Waals surface area (Å²) in [7, 11) is 2.27.